The summed E-state index contributed by atoms with van der Waals surface area (Å²) in [6.07, 6.45) is -1.68. The molecule has 1 rings (SSSR count). The van der Waals surface area contributed by atoms with Crippen LogP contribution in [-0.2, 0) is 9.84 Å². The van der Waals surface area contributed by atoms with Crippen molar-refractivity contribution in [3.05, 3.63) is 29.8 Å². The Bertz CT molecular complexity index is 460. The zero-order valence-corrected chi connectivity index (χ0v) is 9.55. The lowest BCUT2D eigenvalue weighted by atomic mass is 10.00. The highest BCUT2D eigenvalue weighted by atomic mass is 32.2. The first-order valence-corrected chi connectivity index (χ1v) is 6.54. The Hall–Kier alpha value is -1.01. The third-order valence-electron chi connectivity index (χ3n) is 2.28. The van der Waals surface area contributed by atoms with E-state index in [1.165, 1.54) is 24.3 Å². The molecule has 0 radical (unpaired) electrons. The number of alkyl halides is 2. The van der Waals surface area contributed by atoms with Gasteiger partial charge in [-0.25, -0.2) is 17.2 Å². The molecule has 0 aliphatic rings. The zero-order chi connectivity index (χ0) is 12.3. The van der Waals surface area contributed by atoms with Crippen molar-refractivity contribution in [1.82, 2.24) is 0 Å². The smallest absolute Gasteiger partial charge is 0.246 e. The normalized spacial score (nSPS) is 14.1. The highest BCUT2D eigenvalue weighted by Crippen LogP contribution is 2.28. The Labute approximate surface area is 93.2 Å². The van der Waals surface area contributed by atoms with E-state index in [1.54, 1.807) is 0 Å². The van der Waals surface area contributed by atoms with Crippen LogP contribution in [-0.4, -0.2) is 27.6 Å². The number of sulfone groups is 1. The van der Waals surface area contributed by atoms with Crippen molar-refractivity contribution < 1.29 is 17.2 Å². The van der Waals surface area contributed by atoms with Crippen molar-refractivity contribution in [2.75, 3.05) is 12.8 Å². The first-order chi connectivity index (χ1) is 7.38. The number of benzene rings is 1. The summed E-state index contributed by atoms with van der Waals surface area (Å²) in [5.41, 5.74) is 5.33. The minimum absolute atomic E-state index is 0.0780. The number of rotatable bonds is 4. The molecule has 2 N–H and O–H groups in total. The molecule has 1 atom stereocenters. The minimum Gasteiger partial charge on any atom is -0.330 e. The van der Waals surface area contributed by atoms with Crippen LogP contribution in [0.15, 0.2) is 29.2 Å². The first-order valence-electron chi connectivity index (χ1n) is 4.65. The van der Waals surface area contributed by atoms with Crippen LogP contribution in [0.25, 0.3) is 0 Å². The van der Waals surface area contributed by atoms with E-state index in [4.69, 9.17) is 5.73 Å². The second-order valence-electron chi connectivity index (χ2n) is 3.49. The maximum absolute atomic E-state index is 12.7. The van der Waals surface area contributed by atoms with Gasteiger partial charge in [0.2, 0.25) is 6.43 Å². The van der Waals surface area contributed by atoms with Crippen molar-refractivity contribution in [3.63, 3.8) is 0 Å². The van der Waals surface area contributed by atoms with Gasteiger partial charge in [-0.05, 0) is 11.6 Å². The van der Waals surface area contributed by atoms with Gasteiger partial charge in [0, 0.05) is 12.8 Å². The minimum atomic E-state index is -3.51. The molecule has 0 aliphatic heterocycles. The summed E-state index contributed by atoms with van der Waals surface area (Å²) in [5.74, 6) is -1.24. The van der Waals surface area contributed by atoms with Gasteiger partial charge in [-0.1, -0.05) is 18.2 Å². The standard InChI is InChI=1S/C10H13F2NO2S/c1-16(14,15)9-5-3-2-4-7(9)8(6-13)10(11)12/h2-5,8,10H,6,13H2,1H3. The van der Waals surface area contributed by atoms with Crippen LogP contribution in [0.3, 0.4) is 0 Å². The molecule has 0 bridgehead atoms. The second-order valence-corrected chi connectivity index (χ2v) is 5.47. The maximum atomic E-state index is 12.7. The van der Waals surface area contributed by atoms with Crippen molar-refractivity contribution in [1.29, 1.82) is 0 Å². The van der Waals surface area contributed by atoms with Crippen molar-refractivity contribution in [2.24, 2.45) is 5.73 Å². The molecule has 0 amide bonds. The van der Waals surface area contributed by atoms with Crippen molar-refractivity contribution >= 4 is 9.84 Å². The van der Waals surface area contributed by atoms with E-state index in [9.17, 15) is 17.2 Å². The number of hydrogen-bond donors (Lipinski definition) is 1. The molecule has 0 fully saturated rings. The Morgan fingerprint density at radius 2 is 1.88 bits per heavy atom. The quantitative estimate of drug-likeness (QED) is 0.877. The fourth-order valence-corrected chi connectivity index (χ4v) is 2.46. The van der Waals surface area contributed by atoms with E-state index in [2.05, 4.69) is 0 Å². The van der Waals surface area contributed by atoms with Gasteiger partial charge >= 0.3 is 0 Å². The average molecular weight is 249 g/mol. The number of hydrogen-bond acceptors (Lipinski definition) is 3. The molecule has 0 heterocycles. The summed E-state index contributed by atoms with van der Waals surface area (Å²) < 4.78 is 48.2. The molecular weight excluding hydrogens is 236 g/mol. The van der Waals surface area contributed by atoms with Crippen LogP contribution < -0.4 is 5.73 Å². The summed E-state index contributed by atoms with van der Waals surface area (Å²) in [4.78, 5) is -0.0780. The highest BCUT2D eigenvalue weighted by Gasteiger charge is 2.26. The van der Waals surface area contributed by atoms with E-state index in [1.807, 2.05) is 0 Å². The molecule has 1 unspecified atom stereocenters. The molecule has 0 saturated carbocycles. The maximum Gasteiger partial charge on any atom is 0.246 e. The fourth-order valence-electron chi connectivity index (χ4n) is 1.49. The second kappa shape index (κ2) is 4.88. The molecular formula is C10H13F2NO2S. The summed E-state index contributed by atoms with van der Waals surface area (Å²) in [7, 11) is -3.51. The van der Waals surface area contributed by atoms with Gasteiger partial charge in [0.05, 0.1) is 10.8 Å². The zero-order valence-electron chi connectivity index (χ0n) is 8.73. The Morgan fingerprint density at radius 3 is 2.31 bits per heavy atom. The molecule has 0 saturated heterocycles. The van der Waals surface area contributed by atoms with Crippen molar-refractivity contribution in [2.45, 2.75) is 17.2 Å². The largest absolute Gasteiger partial charge is 0.330 e. The lowest BCUT2D eigenvalue weighted by Crippen LogP contribution is -2.21. The van der Waals surface area contributed by atoms with E-state index in [0.29, 0.717) is 0 Å². The van der Waals surface area contributed by atoms with Gasteiger partial charge in [-0.2, -0.15) is 0 Å². The van der Waals surface area contributed by atoms with Crippen LogP contribution in [0.2, 0.25) is 0 Å². The van der Waals surface area contributed by atoms with Crippen molar-refractivity contribution in [3.8, 4) is 0 Å². The number of halogens is 2. The predicted octanol–water partition coefficient (Wildman–Crippen LogP) is 1.40. The van der Waals surface area contributed by atoms with E-state index < -0.39 is 22.2 Å². The lowest BCUT2D eigenvalue weighted by molar-refractivity contribution is 0.116. The van der Waals surface area contributed by atoms with Crippen LogP contribution in [0, 0.1) is 0 Å². The third-order valence-corrected chi connectivity index (χ3v) is 3.45. The molecule has 1 aromatic carbocycles. The topological polar surface area (TPSA) is 60.2 Å². The molecule has 0 aromatic heterocycles. The molecule has 90 valence electrons. The summed E-state index contributed by atoms with van der Waals surface area (Å²) in [6.45, 7) is -0.288. The lowest BCUT2D eigenvalue weighted by Gasteiger charge is -2.17. The van der Waals surface area contributed by atoms with Gasteiger partial charge in [-0.15, -0.1) is 0 Å². The van der Waals surface area contributed by atoms with Crippen LogP contribution >= 0.6 is 0 Å². The highest BCUT2D eigenvalue weighted by molar-refractivity contribution is 7.90. The van der Waals surface area contributed by atoms with Crippen LogP contribution in [0.5, 0.6) is 0 Å². The summed E-state index contributed by atoms with van der Waals surface area (Å²) >= 11 is 0. The van der Waals surface area contributed by atoms with Crippen LogP contribution in [0.4, 0.5) is 8.78 Å². The van der Waals surface area contributed by atoms with E-state index >= 15 is 0 Å². The number of nitrogens with two attached hydrogens (primary N) is 1. The average Bonchev–Trinajstić information content (AvgIpc) is 2.17. The molecule has 16 heavy (non-hydrogen) atoms. The Morgan fingerprint density at radius 1 is 1.31 bits per heavy atom. The van der Waals surface area contributed by atoms with E-state index in [0.717, 1.165) is 6.26 Å². The van der Waals surface area contributed by atoms with Crippen LogP contribution in [0.1, 0.15) is 11.5 Å². The SMILES string of the molecule is CS(=O)(=O)c1ccccc1C(CN)C(F)F. The first kappa shape index (κ1) is 13.1. The third kappa shape index (κ3) is 2.76. The monoisotopic (exact) mass is 249 g/mol. The van der Waals surface area contributed by atoms with Gasteiger partial charge in [0.1, 0.15) is 0 Å². The molecule has 0 aliphatic carbocycles. The molecule has 0 spiro atoms. The fraction of sp³-hybridized carbons (Fsp3) is 0.400. The molecule has 6 heteroatoms. The van der Waals surface area contributed by atoms with Gasteiger partial charge in [-0.3, -0.25) is 0 Å². The van der Waals surface area contributed by atoms with Gasteiger partial charge in [0.25, 0.3) is 0 Å². The van der Waals surface area contributed by atoms with Gasteiger partial charge in [0.15, 0.2) is 9.84 Å². The van der Waals surface area contributed by atoms with E-state index in [-0.39, 0.29) is 17.0 Å². The Balaban J connectivity index is 3.33. The van der Waals surface area contributed by atoms with Gasteiger partial charge < -0.3 is 5.73 Å². The summed E-state index contributed by atoms with van der Waals surface area (Å²) in [6, 6.07) is 5.71. The molecule has 1 aromatic rings. The molecule has 3 nitrogen and oxygen atoms in total. The summed E-state index contributed by atoms with van der Waals surface area (Å²) in [5, 5.41) is 0. The Kier molecular flexibility index (Phi) is 3.98. The predicted molar refractivity (Wildman–Crippen MR) is 57.4 cm³/mol.